The molecule has 5 rings (SSSR count). The molecule has 0 spiro atoms. The molecule has 0 aliphatic heterocycles. The topological polar surface area (TPSA) is 76.7 Å². The summed E-state index contributed by atoms with van der Waals surface area (Å²) >= 11 is 6.86. The lowest BCUT2D eigenvalue weighted by molar-refractivity contribution is -0.0502. The van der Waals surface area contributed by atoms with Gasteiger partial charge in [0, 0.05) is 32.2 Å². The average molecular weight is 689 g/mol. The first-order valence-electron chi connectivity index (χ1n) is 14.8. The number of hydrogen-bond donors (Lipinski definition) is 2. The summed E-state index contributed by atoms with van der Waals surface area (Å²) in [5.74, 6) is 0.960. The van der Waals surface area contributed by atoms with Crippen molar-refractivity contribution in [3.63, 3.8) is 0 Å². The van der Waals surface area contributed by atoms with Crippen molar-refractivity contribution in [3.05, 3.63) is 69.1 Å². The fraction of sp³-hybridized carbons (Fsp3) is 0.515. The van der Waals surface area contributed by atoms with Gasteiger partial charge in [0.25, 0.3) is 0 Å². The SMILES string of the molecule is C[C@H]1C[C@@]2(C)C[C@H](C3=CCCCCC3)C[C@@H](OC(=O)Nc3ccc(Br)cc3)[C@H]2[C@@H]1COC(=O)Nc1ccc(Br)cc1. The molecule has 0 unspecified atom stereocenters. The minimum Gasteiger partial charge on any atom is -0.449 e. The monoisotopic (exact) mass is 686 g/mol. The lowest BCUT2D eigenvalue weighted by Crippen LogP contribution is -2.47. The smallest absolute Gasteiger partial charge is 0.411 e. The Morgan fingerprint density at radius 3 is 2.20 bits per heavy atom. The van der Waals surface area contributed by atoms with E-state index in [1.54, 1.807) is 5.57 Å². The molecule has 0 radical (unpaired) electrons. The van der Waals surface area contributed by atoms with E-state index in [0.29, 0.717) is 29.8 Å². The predicted octanol–water partition coefficient (Wildman–Crippen LogP) is 9.96. The number of anilines is 2. The first-order chi connectivity index (χ1) is 19.7. The zero-order valence-electron chi connectivity index (χ0n) is 23.8. The number of benzene rings is 2. The standard InChI is InChI=1S/C33H40Br2N2O4/c1-21-18-33(2)19-23(22-7-5-3-4-6-8-22)17-29(41-32(39)37-27-15-11-25(35)12-16-27)30(33)28(21)20-40-31(38)36-26-13-9-24(34)10-14-26/h7,9-16,21,23,28-30H,3-6,8,17-20H2,1-2H3,(H,36,38)(H,37,39)/t21-,23+,28+,29+,30+,33-/m0/s1. The first kappa shape index (κ1) is 30.1. The van der Waals surface area contributed by atoms with Gasteiger partial charge in [-0.2, -0.15) is 0 Å². The van der Waals surface area contributed by atoms with E-state index in [4.69, 9.17) is 9.47 Å². The molecule has 220 valence electrons. The van der Waals surface area contributed by atoms with Crippen molar-refractivity contribution in [3.8, 4) is 0 Å². The van der Waals surface area contributed by atoms with E-state index >= 15 is 0 Å². The number of ether oxygens (including phenoxy) is 2. The van der Waals surface area contributed by atoms with Crippen LogP contribution in [0.2, 0.25) is 0 Å². The van der Waals surface area contributed by atoms with Crippen LogP contribution in [0.15, 0.2) is 69.1 Å². The van der Waals surface area contributed by atoms with Crippen LogP contribution in [0.5, 0.6) is 0 Å². The Morgan fingerprint density at radius 1 is 0.902 bits per heavy atom. The Labute approximate surface area is 260 Å². The first-order valence-corrected chi connectivity index (χ1v) is 16.4. The molecule has 2 N–H and O–H groups in total. The lowest BCUT2D eigenvalue weighted by Gasteiger charge is -2.47. The molecule has 2 fully saturated rings. The molecule has 6 atom stereocenters. The van der Waals surface area contributed by atoms with Gasteiger partial charge in [0.05, 0.1) is 6.61 Å². The fourth-order valence-electron chi connectivity index (χ4n) is 7.67. The maximum absolute atomic E-state index is 13.2. The van der Waals surface area contributed by atoms with E-state index in [1.165, 1.54) is 19.3 Å². The second-order valence-corrected chi connectivity index (χ2v) is 14.2. The van der Waals surface area contributed by atoms with Gasteiger partial charge < -0.3 is 9.47 Å². The van der Waals surface area contributed by atoms with E-state index in [-0.39, 0.29) is 23.4 Å². The summed E-state index contributed by atoms with van der Waals surface area (Å²) in [6, 6.07) is 14.9. The molecule has 2 aromatic rings. The summed E-state index contributed by atoms with van der Waals surface area (Å²) in [5, 5.41) is 5.76. The highest BCUT2D eigenvalue weighted by Crippen LogP contribution is 2.60. The van der Waals surface area contributed by atoms with Crippen molar-refractivity contribution in [1.29, 1.82) is 0 Å². The number of fused-ring (bicyclic) bond motifs is 1. The largest absolute Gasteiger partial charge is 0.449 e. The van der Waals surface area contributed by atoms with Gasteiger partial charge in [-0.05, 0) is 111 Å². The number of carbonyl (C=O) groups is 2. The van der Waals surface area contributed by atoms with E-state index in [0.717, 1.165) is 41.0 Å². The molecule has 6 nitrogen and oxygen atoms in total. The van der Waals surface area contributed by atoms with Crippen LogP contribution in [0, 0.1) is 29.1 Å². The summed E-state index contributed by atoms with van der Waals surface area (Å²) in [4.78, 5) is 25.9. The Bertz CT molecular complexity index is 1250. The summed E-state index contributed by atoms with van der Waals surface area (Å²) in [5.41, 5.74) is 2.92. The van der Waals surface area contributed by atoms with Gasteiger partial charge >= 0.3 is 12.2 Å². The molecule has 41 heavy (non-hydrogen) atoms. The Morgan fingerprint density at radius 2 is 1.54 bits per heavy atom. The number of rotatable bonds is 6. The quantitative estimate of drug-likeness (QED) is 0.296. The summed E-state index contributed by atoms with van der Waals surface area (Å²) in [6.45, 7) is 4.91. The Hall–Kier alpha value is -2.32. The Kier molecular flexibility index (Phi) is 9.80. The van der Waals surface area contributed by atoms with Gasteiger partial charge in [0.15, 0.2) is 0 Å². The molecule has 2 aromatic carbocycles. The van der Waals surface area contributed by atoms with Gasteiger partial charge in [-0.1, -0.05) is 63.8 Å². The van der Waals surface area contributed by atoms with Crippen molar-refractivity contribution >= 4 is 55.4 Å². The average Bonchev–Trinajstić information content (AvgIpc) is 3.07. The van der Waals surface area contributed by atoms with Crippen LogP contribution in [-0.4, -0.2) is 24.9 Å². The van der Waals surface area contributed by atoms with Gasteiger partial charge in [-0.3, -0.25) is 10.6 Å². The van der Waals surface area contributed by atoms with E-state index in [2.05, 4.69) is 62.4 Å². The highest BCUT2D eigenvalue weighted by atomic mass is 79.9. The maximum atomic E-state index is 13.2. The van der Waals surface area contributed by atoms with Crippen molar-refractivity contribution in [1.82, 2.24) is 0 Å². The number of carbonyl (C=O) groups excluding carboxylic acids is 2. The minimum atomic E-state index is -0.462. The minimum absolute atomic E-state index is 0.00571. The lowest BCUT2D eigenvalue weighted by atomic mass is 9.61. The third-order valence-electron chi connectivity index (χ3n) is 9.36. The molecule has 3 aliphatic carbocycles. The Balaban J connectivity index is 1.32. The number of amides is 2. The third kappa shape index (κ3) is 7.56. The second-order valence-electron chi connectivity index (χ2n) is 12.3. The zero-order valence-corrected chi connectivity index (χ0v) is 27.0. The number of allylic oxidation sites excluding steroid dienone is 2. The summed E-state index contributed by atoms with van der Waals surface area (Å²) < 4.78 is 14.0. The van der Waals surface area contributed by atoms with E-state index < -0.39 is 12.2 Å². The third-order valence-corrected chi connectivity index (χ3v) is 10.4. The van der Waals surface area contributed by atoms with Crippen LogP contribution in [0.1, 0.15) is 65.2 Å². The molecular weight excluding hydrogens is 648 g/mol. The predicted molar refractivity (Wildman–Crippen MR) is 170 cm³/mol. The number of halogens is 2. The summed E-state index contributed by atoms with van der Waals surface area (Å²) in [6.07, 6.45) is 10.3. The van der Waals surface area contributed by atoms with Crippen LogP contribution in [0.4, 0.5) is 21.0 Å². The zero-order chi connectivity index (χ0) is 29.0. The molecule has 0 heterocycles. The van der Waals surface area contributed by atoms with Gasteiger partial charge in [0.2, 0.25) is 0 Å². The number of nitrogens with one attached hydrogen (secondary N) is 2. The maximum Gasteiger partial charge on any atom is 0.411 e. The van der Waals surface area contributed by atoms with Crippen LogP contribution in [-0.2, 0) is 9.47 Å². The van der Waals surface area contributed by atoms with Crippen LogP contribution in [0.3, 0.4) is 0 Å². The highest BCUT2D eigenvalue weighted by molar-refractivity contribution is 9.10. The van der Waals surface area contributed by atoms with Crippen LogP contribution >= 0.6 is 31.9 Å². The molecule has 0 saturated heterocycles. The van der Waals surface area contributed by atoms with Gasteiger partial charge in [-0.25, -0.2) is 9.59 Å². The second kappa shape index (κ2) is 13.3. The normalized spacial score (nSPS) is 29.5. The van der Waals surface area contributed by atoms with Crippen molar-refractivity contribution in [2.24, 2.45) is 29.1 Å². The molecular formula is C33H40Br2N2O4. The molecule has 0 bridgehead atoms. The summed E-state index contributed by atoms with van der Waals surface area (Å²) in [7, 11) is 0. The van der Waals surface area contributed by atoms with Crippen molar-refractivity contribution in [2.75, 3.05) is 17.2 Å². The van der Waals surface area contributed by atoms with Crippen LogP contribution in [0.25, 0.3) is 0 Å². The van der Waals surface area contributed by atoms with E-state index in [1.807, 2.05) is 48.5 Å². The van der Waals surface area contributed by atoms with Gasteiger partial charge in [-0.15, -0.1) is 0 Å². The number of hydrogen-bond acceptors (Lipinski definition) is 4. The van der Waals surface area contributed by atoms with Gasteiger partial charge in [0.1, 0.15) is 6.10 Å². The highest BCUT2D eigenvalue weighted by Gasteiger charge is 2.57. The molecule has 0 aromatic heterocycles. The molecule has 2 amide bonds. The fourth-order valence-corrected chi connectivity index (χ4v) is 8.20. The van der Waals surface area contributed by atoms with Crippen molar-refractivity contribution < 1.29 is 19.1 Å². The molecule has 8 heteroatoms. The van der Waals surface area contributed by atoms with Crippen LogP contribution < -0.4 is 10.6 Å². The van der Waals surface area contributed by atoms with E-state index in [9.17, 15) is 9.59 Å². The molecule has 2 saturated carbocycles. The van der Waals surface area contributed by atoms with Crippen molar-refractivity contribution in [2.45, 2.75) is 71.3 Å². The molecule has 3 aliphatic rings.